The van der Waals surface area contributed by atoms with Crippen molar-refractivity contribution in [1.82, 2.24) is 4.57 Å². The van der Waals surface area contributed by atoms with Crippen LogP contribution in [0.15, 0.2) is 42.5 Å². The largest absolute Gasteiger partial charge is 0.392 e. The number of halogens is 2. The number of fused-ring (bicyclic) bond motifs is 1. The Kier molecular flexibility index (Phi) is 3.70. The van der Waals surface area contributed by atoms with Crippen molar-refractivity contribution in [3.05, 3.63) is 70.1 Å². The van der Waals surface area contributed by atoms with Gasteiger partial charge in [-0.05, 0) is 18.6 Å². The van der Waals surface area contributed by atoms with Gasteiger partial charge in [-0.1, -0.05) is 48.0 Å². The minimum Gasteiger partial charge on any atom is -0.392 e. The molecule has 2 aromatic carbocycles. The normalized spacial score (nSPS) is 11.2. The first kappa shape index (κ1) is 14.1. The van der Waals surface area contributed by atoms with Gasteiger partial charge < -0.3 is 9.67 Å². The summed E-state index contributed by atoms with van der Waals surface area (Å²) in [4.78, 5) is 0. The molecule has 0 atom stereocenters. The van der Waals surface area contributed by atoms with E-state index in [1.54, 1.807) is 18.2 Å². The molecule has 1 N–H and O–H groups in total. The molecule has 4 heteroatoms. The second-order valence-electron chi connectivity index (χ2n) is 5.08. The van der Waals surface area contributed by atoms with E-state index in [1.807, 2.05) is 29.7 Å². The highest BCUT2D eigenvalue weighted by atomic mass is 35.5. The lowest BCUT2D eigenvalue weighted by Gasteiger charge is -2.10. The molecule has 0 bridgehead atoms. The average molecular weight is 304 g/mol. The zero-order valence-electron chi connectivity index (χ0n) is 11.6. The molecule has 3 aromatic rings. The third kappa shape index (κ3) is 2.33. The van der Waals surface area contributed by atoms with Gasteiger partial charge in [0.25, 0.3) is 0 Å². The first-order chi connectivity index (χ1) is 10.1. The lowest BCUT2D eigenvalue weighted by atomic mass is 10.1. The van der Waals surface area contributed by atoms with E-state index in [2.05, 4.69) is 0 Å². The van der Waals surface area contributed by atoms with Crippen LogP contribution in [0.4, 0.5) is 4.39 Å². The number of nitrogens with zero attached hydrogens (tertiary/aromatic N) is 1. The van der Waals surface area contributed by atoms with E-state index in [0.29, 0.717) is 22.8 Å². The second-order valence-corrected chi connectivity index (χ2v) is 5.43. The van der Waals surface area contributed by atoms with Gasteiger partial charge in [0.2, 0.25) is 0 Å². The molecule has 2 nitrogen and oxygen atoms in total. The van der Waals surface area contributed by atoms with Gasteiger partial charge in [0.15, 0.2) is 0 Å². The number of aryl methyl sites for hydroxylation is 1. The summed E-state index contributed by atoms with van der Waals surface area (Å²) in [7, 11) is 0. The average Bonchev–Trinajstić information content (AvgIpc) is 2.75. The van der Waals surface area contributed by atoms with Crippen molar-refractivity contribution in [2.75, 3.05) is 0 Å². The Labute approximate surface area is 127 Å². The number of para-hydroxylation sites is 1. The lowest BCUT2D eigenvalue weighted by molar-refractivity contribution is 0.283. The van der Waals surface area contributed by atoms with Gasteiger partial charge in [-0.15, -0.1) is 0 Å². The Bertz CT molecular complexity index is 810. The van der Waals surface area contributed by atoms with Crippen molar-refractivity contribution in [1.29, 1.82) is 0 Å². The highest BCUT2D eigenvalue weighted by molar-refractivity contribution is 6.32. The molecule has 21 heavy (non-hydrogen) atoms. The van der Waals surface area contributed by atoms with Crippen LogP contribution in [0.2, 0.25) is 5.15 Å². The molecule has 1 heterocycles. The zero-order valence-corrected chi connectivity index (χ0v) is 12.4. The summed E-state index contributed by atoms with van der Waals surface area (Å²) in [6, 6.07) is 12.5. The quantitative estimate of drug-likeness (QED) is 0.767. The molecule has 0 unspecified atom stereocenters. The van der Waals surface area contributed by atoms with Gasteiger partial charge >= 0.3 is 0 Å². The van der Waals surface area contributed by atoms with Gasteiger partial charge in [-0.2, -0.15) is 0 Å². The Hall–Kier alpha value is -1.84. The summed E-state index contributed by atoms with van der Waals surface area (Å²) >= 11 is 6.41. The molecular weight excluding hydrogens is 289 g/mol. The predicted molar refractivity (Wildman–Crippen MR) is 83.1 cm³/mol. The molecule has 0 radical (unpaired) electrons. The molecule has 3 rings (SSSR count). The fourth-order valence-corrected chi connectivity index (χ4v) is 3.03. The second kappa shape index (κ2) is 5.51. The number of hydrogen-bond donors (Lipinski definition) is 1. The molecule has 0 spiro atoms. The van der Waals surface area contributed by atoms with Crippen LogP contribution in [0.1, 0.15) is 16.7 Å². The molecule has 0 saturated carbocycles. The summed E-state index contributed by atoms with van der Waals surface area (Å²) in [6.07, 6.45) is 0. The maximum absolute atomic E-state index is 13.9. The number of rotatable bonds is 3. The lowest BCUT2D eigenvalue weighted by Crippen LogP contribution is -2.03. The summed E-state index contributed by atoms with van der Waals surface area (Å²) in [5, 5.41) is 10.9. The van der Waals surface area contributed by atoms with E-state index in [0.717, 1.165) is 16.5 Å². The van der Waals surface area contributed by atoms with E-state index in [1.165, 1.54) is 6.07 Å². The molecule has 0 aliphatic carbocycles. The van der Waals surface area contributed by atoms with E-state index >= 15 is 0 Å². The van der Waals surface area contributed by atoms with E-state index < -0.39 is 0 Å². The minimum atomic E-state index is -0.255. The number of aliphatic hydroxyl groups is 1. The summed E-state index contributed by atoms with van der Waals surface area (Å²) in [5.74, 6) is -0.255. The number of hydrogen-bond acceptors (Lipinski definition) is 1. The highest BCUT2D eigenvalue weighted by Crippen LogP contribution is 2.33. The van der Waals surface area contributed by atoms with Crippen LogP contribution < -0.4 is 0 Å². The molecule has 0 fully saturated rings. The monoisotopic (exact) mass is 303 g/mol. The fraction of sp³-hybridized carbons (Fsp3) is 0.176. The maximum Gasteiger partial charge on any atom is 0.128 e. The third-order valence-corrected chi connectivity index (χ3v) is 4.20. The SMILES string of the molecule is Cc1cccc2c(CO)c(Cl)n(Cc3ccccc3F)c12. The maximum atomic E-state index is 13.9. The summed E-state index contributed by atoms with van der Waals surface area (Å²) in [5.41, 5.74) is 3.25. The van der Waals surface area contributed by atoms with Crippen LogP contribution in [0.5, 0.6) is 0 Å². The topological polar surface area (TPSA) is 25.2 Å². The first-order valence-electron chi connectivity index (χ1n) is 6.74. The van der Waals surface area contributed by atoms with Crippen LogP contribution in [0, 0.1) is 12.7 Å². The molecule has 0 amide bonds. The molecule has 0 saturated heterocycles. The number of aliphatic hydroxyl groups excluding tert-OH is 1. The number of benzene rings is 2. The van der Waals surface area contributed by atoms with Crippen molar-refractivity contribution in [2.45, 2.75) is 20.1 Å². The summed E-state index contributed by atoms with van der Waals surface area (Å²) < 4.78 is 15.7. The van der Waals surface area contributed by atoms with Crippen LogP contribution in [0.3, 0.4) is 0 Å². The molecule has 1 aromatic heterocycles. The van der Waals surface area contributed by atoms with Gasteiger partial charge in [0.1, 0.15) is 11.0 Å². The van der Waals surface area contributed by atoms with Crippen molar-refractivity contribution < 1.29 is 9.50 Å². The van der Waals surface area contributed by atoms with Crippen molar-refractivity contribution in [2.24, 2.45) is 0 Å². The predicted octanol–water partition coefficient (Wildman–Crippen LogP) is 4.28. The number of aromatic nitrogens is 1. The van der Waals surface area contributed by atoms with E-state index in [9.17, 15) is 9.50 Å². The standard InChI is InChI=1S/C17H15ClFNO/c1-11-5-4-7-13-14(10-21)17(18)20(16(11)13)9-12-6-2-3-8-15(12)19/h2-8,21H,9-10H2,1H3. The van der Waals surface area contributed by atoms with Crippen LogP contribution >= 0.6 is 11.6 Å². The molecule has 0 aliphatic rings. The van der Waals surface area contributed by atoms with Crippen LogP contribution in [0.25, 0.3) is 10.9 Å². The van der Waals surface area contributed by atoms with Crippen LogP contribution in [-0.2, 0) is 13.2 Å². The van der Waals surface area contributed by atoms with Gasteiger partial charge in [0, 0.05) is 16.5 Å². The van der Waals surface area contributed by atoms with Gasteiger partial charge in [0.05, 0.1) is 18.7 Å². The minimum absolute atomic E-state index is 0.136. The Morgan fingerprint density at radius 3 is 2.62 bits per heavy atom. The Morgan fingerprint density at radius 2 is 1.90 bits per heavy atom. The third-order valence-electron chi connectivity index (χ3n) is 3.76. The van der Waals surface area contributed by atoms with Gasteiger partial charge in [-0.3, -0.25) is 0 Å². The highest BCUT2D eigenvalue weighted by Gasteiger charge is 2.17. The summed E-state index contributed by atoms with van der Waals surface area (Å²) in [6.45, 7) is 2.19. The molecule has 108 valence electrons. The van der Waals surface area contributed by atoms with Crippen molar-refractivity contribution in [3.8, 4) is 0 Å². The van der Waals surface area contributed by atoms with Crippen molar-refractivity contribution in [3.63, 3.8) is 0 Å². The van der Waals surface area contributed by atoms with Gasteiger partial charge in [-0.25, -0.2) is 4.39 Å². The first-order valence-corrected chi connectivity index (χ1v) is 7.11. The van der Waals surface area contributed by atoms with Crippen LogP contribution in [-0.4, -0.2) is 9.67 Å². The smallest absolute Gasteiger partial charge is 0.128 e. The molecular formula is C17H15ClFNO. The Morgan fingerprint density at radius 1 is 1.14 bits per heavy atom. The van der Waals surface area contributed by atoms with E-state index in [-0.39, 0.29) is 12.4 Å². The van der Waals surface area contributed by atoms with E-state index in [4.69, 9.17) is 11.6 Å². The zero-order chi connectivity index (χ0) is 15.0. The Balaban J connectivity index is 2.23. The molecule has 0 aliphatic heterocycles. The van der Waals surface area contributed by atoms with Crippen molar-refractivity contribution >= 4 is 22.5 Å². The fourth-order valence-electron chi connectivity index (χ4n) is 2.73.